The molecular weight excluding hydrogens is 202 g/mol. The number of hydrogen-bond acceptors (Lipinski definition) is 3. The summed E-state index contributed by atoms with van der Waals surface area (Å²) in [4.78, 5) is 22.2. The Kier molecular flexibility index (Phi) is 2.60. The molecule has 1 N–H and O–H groups in total. The molecule has 0 fully saturated rings. The Morgan fingerprint density at radius 2 is 1.69 bits per heavy atom. The fourth-order valence-corrected chi connectivity index (χ4v) is 1.62. The Balaban J connectivity index is 2.22. The van der Waals surface area contributed by atoms with Gasteiger partial charge in [-0.1, -0.05) is 19.1 Å². The lowest BCUT2D eigenvalue weighted by molar-refractivity contribution is 1.14. The number of rotatable bonds is 3. The highest BCUT2D eigenvalue weighted by atomic mass is 16.2. The first-order valence-corrected chi connectivity index (χ1v) is 5.29. The van der Waals surface area contributed by atoms with Crippen LogP contribution in [0.15, 0.2) is 33.9 Å². The van der Waals surface area contributed by atoms with Crippen molar-refractivity contribution >= 4 is 11.4 Å². The average Bonchev–Trinajstić information content (AvgIpc) is 2.35. The van der Waals surface area contributed by atoms with E-state index in [-0.39, 0.29) is 5.43 Å². The van der Waals surface area contributed by atoms with Crippen LogP contribution in [0, 0.1) is 6.92 Å². The van der Waals surface area contributed by atoms with E-state index in [2.05, 4.69) is 12.2 Å². The molecule has 2 aromatic carbocycles. The van der Waals surface area contributed by atoms with Crippen molar-refractivity contribution in [3.05, 3.63) is 55.8 Å². The van der Waals surface area contributed by atoms with E-state index in [4.69, 9.17) is 0 Å². The summed E-state index contributed by atoms with van der Waals surface area (Å²) >= 11 is 0. The topological polar surface area (TPSA) is 46.2 Å². The summed E-state index contributed by atoms with van der Waals surface area (Å²) in [6.45, 7) is 3.75. The number of hydrogen-bond donors (Lipinski definition) is 1. The quantitative estimate of drug-likeness (QED) is 0.795. The van der Waals surface area contributed by atoms with Crippen molar-refractivity contribution in [2.75, 3.05) is 5.32 Å². The Morgan fingerprint density at radius 3 is 2.19 bits per heavy atom. The summed E-state index contributed by atoms with van der Waals surface area (Å²) in [5.41, 5.74) is 2.23. The minimum atomic E-state index is -0.419. The SMILES string of the molecule is CCc1ccc(Nc2c(C)c(=O)c2=O)cc1. The van der Waals surface area contributed by atoms with Gasteiger partial charge in [0.15, 0.2) is 0 Å². The zero-order valence-corrected chi connectivity index (χ0v) is 9.33. The highest BCUT2D eigenvalue weighted by Crippen LogP contribution is 2.16. The van der Waals surface area contributed by atoms with E-state index in [1.807, 2.05) is 24.3 Å². The van der Waals surface area contributed by atoms with E-state index in [9.17, 15) is 9.59 Å². The Morgan fingerprint density at radius 1 is 1.06 bits per heavy atom. The standard InChI is InChI=1S/C13H13NO2/c1-3-9-4-6-10(7-5-9)14-11-8(2)12(15)13(11)16/h4-7,14H,3H2,1-2H3. The molecule has 0 radical (unpaired) electrons. The average molecular weight is 215 g/mol. The molecule has 0 aromatic heterocycles. The molecule has 0 spiro atoms. The molecule has 2 aromatic rings. The minimum absolute atomic E-state index is 0.382. The number of aryl methyl sites for hydroxylation is 1. The molecule has 2 rings (SSSR count). The van der Waals surface area contributed by atoms with Crippen molar-refractivity contribution in [3.63, 3.8) is 0 Å². The van der Waals surface area contributed by atoms with Crippen LogP contribution in [0.3, 0.4) is 0 Å². The zero-order chi connectivity index (χ0) is 11.7. The molecule has 0 aliphatic carbocycles. The molecule has 0 saturated heterocycles. The van der Waals surface area contributed by atoms with Gasteiger partial charge in [-0.2, -0.15) is 0 Å². The van der Waals surface area contributed by atoms with Gasteiger partial charge in [-0.15, -0.1) is 0 Å². The summed E-state index contributed by atoms with van der Waals surface area (Å²) in [5.74, 6) is 0. The van der Waals surface area contributed by atoms with Gasteiger partial charge in [0.2, 0.25) is 10.9 Å². The normalized spacial score (nSPS) is 10.6. The largest absolute Gasteiger partial charge is 0.352 e. The zero-order valence-electron chi connectivity index (χ0n) is 9.33. The maximum Gasteiger partial charge on any atom is 0.249 e. The monoisotopic (exact) mass is 215 g/mol. The van der Waals surface area contributed by atoms with Crippen molar-refractivity contribution in [2.24, 2.45) is 0 Å². The minimum Gasteiger partial charge on any atom is -0.352 e. The Bertz CT molecular complexity index is 575. The molecule has 0 unspecified atom stereocenters. The summed E-state index contributed by atoms with van der Waals surface area (Å²) in [6.07, 6.45) is 0.986. The lowest BCUT2D eigenvalue weighted by Crippen LogP contribution is -2.35. The van der Waals surface area contributed by atoms with Gasteiger partial charge in [0, 0.05) is 11.3 Å². The van der Waals surface area contributed by atoms with Crippen LogP contribution < -0.4 is 16.2 Å². The molecule has 82 valence electrons. The summed E-state index contributed by atoms with van der Waals surface area (Å²) in [6, 6.07) is 7.83. The van der Waals surface area contributed by atoms with Gasteiger partial charge in [0.1, 0.15) is 0 Å². The van der Waals surface area contributed by atoms with E-state index in [1.54, 1.807) is 6.92 Å². The van der Waals surface area contributed by atoms with E-state index < -0.39 is 5.43 Å². The maximum atomic E-state index is 11.2. The molecule has 3 heteroatoms. The third kappa shape index (κ3) is 1.65. The van der Waals surface area contributed by atoms with Gasteiger partial charge in [-0.3, -0.25) is 9.59 Å². The van der Waals surface area contributed by atoms with E-state index in [1.165, 1.54) is 5.56 Å². The summed E-state index contributed by atoms with van der Waals surface area (Å²) in [7, 11) is 0. The molecule has 0 atom stereocenters. The Labute approximate surface area is 93.4 Å². The summed E-state index contributed by atoms with van der Waals surface area (Å²) < 4.78 is 0. The van der Waals surface area contributed by atoms with Gasteiger partial charge in [0.25, 0.3) is 0 Å². The second-order valence-corrected chi connectivity index (χ2v) is 3.83. The molecule has 3 nitrogen and oxygen atoms in total. The molecule has 0 bridgehead atoms. The number of nitrogens with one attached hydrogen (secondary N) is 1. The van der Waals surface area contributed by atoms with Crippen LogP contribution in [0.4, 0.5) is 11.4 Å². The van der Waals surface area contributed by atoms with Crippen molar-refractivity contribution < 1.29 is 0 Å². The van der Waals surface area contributed by atoms with Crippen LogP contribution in [-0.4, -0.2) is 0 Å². The molecule has 0 aliphatic rings. The highest BCUT2D eigenvalue weighted by Gasteiger charge is 2.16. The smallest absolute Gasteiger partial charge is 0.249 e. The van der Waals surface area contributed by atoms with Gasteiger partial charge >= 0.3 is 0 Å². The lowest BCUT2D eigenvalue weighted by atomic mass is 10.1. The van der Waals surface area contributed by atoms with E-state index >= 15 is 0 Å². The van der Waals surface area contributed by atoms with E-state index in [0.717, 1.165) is 12.1 Å². The van der Waals surface area contributed by atoms with Crippen LogP contribution in [0.5, 0.6) is 0 Å². The molecule has 0 amide bonds. The Hall–Kier alpha value is -1.90. The van der Waals surface area contributed by atoms with Crippen LogP contribution in [-0.2, 0) is 6.42 Å². The predicted molar refractivity (Wildman–Crippen MR) is 65.2 cm³/mol. The molecule has 0 aliphatic heterocycles. The maximum absolute atomic E-state index is 11.2. The second kappa shape index (κ2) is 3.93. The molecule has 0 heterocycles. The van der Waals surface area contributed by atoms with Crippen LogP contribution in [0.2, 0.25) is 0 Å². The fraction of sp³-hybridized carbons (Fsp3) is 0.231. The van der Waals surface area contributed by atoms with Crippen molar-refractivity contribution in [1.82, 2.24) is 0 Å². The third-order valence-corrected chi connectivity index (χ3v) is 2.78. The number of benzene rings is 1. The van der Waals surface area contributed by atoms with Crippen LogP contribution in [0.1, 0.15) is 18.1 Å². The van der Waals surface area contributed by atoms with Crippen LogP contribution >= 0.6 is 0 Å². The first-order valence-electron chi connectivity index (χ1n) is 5.29. The van der Waals surface area contributed by atoms with Crippen molar-refractivity contribution in [1.29, 1.82) is 0 Å². The van der Waals surface area contributed by atoms with Gasteiger partial charge < -0.3 is 5.32 Å². The second-order valence-electron chi connectivity index (χ2n) is 3.83. The third-order valence-electron chi connectivity index (χ3n) is 2.78. The predicted octanol–water partition coefficient (Wildman–Crippen LogP) is 1.90. The lowest BCUT2D eigenvalue weighted by Gasteiger charge is -2.10. The van der Waals surface area contributed by atoms with Crippen molar-refractivity contribution in [3.8, 4) is 0 Å². The van der Waals surface area contributed by atoms with Gasteiger partial charge in [0.05, 0.1) is 5.69 Å². The number of anilines is 2. The van der Waals surface area contributed by atoms with Crippen LogP contribution in [0.25, 0.3) is 0 Å². The molecular formula is C13H13NO2. The highest BCUT2D eigenvalue weighted by molar-refractivity contribution is 5.65. The molecule has 16 heavy (non-hydrogen) atoms. The fourth-order valence-electron chi connectivity index (χ4n) is 1.62. The summed E-state index contributed by atoms with van der Waals surface area (Å²) in [5, 5.41) is 2.97. The van der Waals surface area contributed by atoms with Gasteiger partial charge in [-0.25, -0.2) is 0 Å². The first-order chi connectivity index (χ1) is 7.63. The molecule has 0 saturated carbocycles. The first kappa shape index (κ1) is 10.6. The van der Waals surface area contributed by atoms with Gasteiger partial charge in [-0.05, 0) is 31.0 Å². The van der Waals surface area contributed by atoms with Crippen molar-refractivity contribution in [2.45, 2.75) is 20.3 Å². The van der Waals surface area contributed by atoms with E-state index in [0.29, 0.717) is 11.3 Å².